The van der Waals surface area contributed by atoms with Gasteiger partial charge in [0.1, 0.15) is 5.82 Å². The third kappa shape index (κ3) is 4.68. The molecule has 0 saturated carbocycles. The molecule has 6 nitrogen and oxygen atoms in total. The van der Waals surface area contributed by atoms with Crippen LogP contribution in [0.25, 0.3) is 17.0 Å². The van der Waals surface area contributed by atoms with Gasteiger partial charge in [0.2, 0.25) is 0 Å². The maximum absolute atomic E-state index is 11.5. The van der Waals surface area contributed by atoms with Crippen LogP contribution in [-0.4, -0.2) is 39.5 Å². The molecule has 1 aliphatic rings. The highest BCUT2D eigenvalue weighted by atomic mass is 16.5. The van der Waals surface area contributed by atoms with Crippen molar-refractivity contribution >= 4 is 22.9 Å². The average molecular weight is 455 g/mol. The lowest BCUT2D eigenvalue weighted by molar-refractivity contribution is -0.134. The van der Waals surface area contributed by atoms with Crippen LogP contribution in [0.5, 0.6) is 0 Å². The van der Waals surface area contributed by atoms with Gasteiger partial charge in [-0.3, -0.25) is 4.90 Å². The molecule has 0 amide bonds. The summed E-state index contributed by atoms with van der Waals surface area (Å²) in [6.07, 6.45) is 10.5. The number of aryl methyl sites for hydroxylation is 2. The van der Waals surface area contributed by atoms with Gasteiger partial charge in [0.15, 0.2) is 0 Å². The highest BCUT2D eigenvalue weighted by Crippen LogP contribution is 2.37. The van der Waals surface area contributed by atoms with Gasteiger partial charge in [0, 0.05) is 54.2 Å². The number of methoxy groups -OCH3 is 1. The van der Waals surface area contributed by atoms with E-state index in [-0.39, 0.29) is 5.97 Å². The lowest BCUT2D eigenvalue weighted by Gasteiger charge is -2.29. The number of nitrogens with zero attached hydrogens (tertiary/aromatic N) is 2. The lowest BCUT2D eigenvalue weighted by atomic mass is 10.0. The highest BCUT2D eigenvalue weighted by Gasteiger charge is 2.28. The summed E-state index contributed by atoms with van der Waals surface area (Å²) in [5.74, 6) is 0.608. The van der Waals surface area contributed by atoms with E-state index < -0.39 is 0 Å². The molecule has 174 valence electrons. The molecule has 0 saturated heterocycles. The second-order valence-electron chi connectivity index (χ2n) is 8.94. The number of H-pyrrole nitrogens is 2. The second-order valence-corrected chi connectivity index (χ2v) is 8.94. The molecule has 0 aliphatic heterocycles. The minimum Gasteiger partial charge on any atom is -0.466 e. The molecular formula is C28H30N4O2. The summed E-state index contributed by atoms with van der Waals surface area (Å²) < 4.78 is 4.71. The van der Waals surface area contributed by atoms with Crippen LogP contribution in [0.2, 0.25) is 0 Å². The van der Waals surface area contributed by atoms with E-state index in [2.05, 4.69) is 68.5 Å². The number of aromatic nitrogens is 3. The molecule has 2 heterocycles. The van der Waals surface area contributed by atoms with Crippen molar-refractivity contribution in [3.05, 3.63) is 94.7 Å². The van der Waals surface area contributed by atoms with Gasteiger partial charge in [-0.15, -0.1) is 0 Å². The van der Waals surface area contributed by atoms with Crippen LogP contribution < -0.4 is 0 Å². The van der Waals surface area contributed by atoms with Crippen molar-refractivity contribution in [1.82, 2.24) is 19.9 Å². The Kier molecular flexibility index (Phi) is 6.32. The smallest absolute Gasteiger partial charge is 0.330 e. The van der Waals surface area contributed by atoms with Crippen molar-refractivity contribution < 1.29 is 9.53 Å². The van der Waals surface area contributed by atoms with Crippen LogP contribution in [0, 0.1) is 6.92 Å². The van der Waals surface area contributed by atoms with Crippen molar-refractivity contribution in [3.63, 3.8) is 0 Å². The molecule has 2 aromatic carbocycles. The zero-order chi connectivity index (χ0) is 23.5. The number of carbonyl (C=O) groups is 1. The molecule has 1 atom stereocenters. The maximum atomic E-state index is 11.5. The SMILES string of the molecule is COC(=O)/C=C/c1ccc2c(c1)CCC2N(CCc1c[nH]c2ccccc12)Cc1cnc(C)[nH]1. The number of esters is 1. The van der Waals surface area contributed by atoms with Gasteiger partial charge < -0.3 is 14.7 Å². The van der Waals surface area contributed by atoms with Gasteiger partial charge in [-0.1, -0.05) is 36.4 Å². The minimum atomic E-state index is -0.336. The van der Waals surface area contributed by atoms with Crippen LogP contribution in [0.15, 0.2) is 60.9 Å². The lowest BCUT2D eigenvalue weighted by Crippen LogP contribution is -2.29. The summed E-state index contributed by atoms with van der Waals surface area (Å²) in [7, 11) is 1.39. The van der Waals surface area contributed by atoms with Crippen molar-refractivity contribution in [2.45, 2.75) is 38.8 Å². The molecule has 0 bridgehead atoms. The van der Waals surface area contributed by atoms with E-state index in [0.717, 1.165) is 49.4 Å². The molecule has 1 aliphatic carbocycles. The number of fused-ring (bicyclic) bond motifs is 2. The predicted molar refractivity (Wildman–Crippen MR) is 134 cm³/mol. The largest absolute Gasteiger partial charge is 0.466 e. The van der Waals surface area contributed by atoms with Gasteiger partial charge in [0.25, 0.3) is 0 Å². The molecule has 0 radical (unpaired) electrons. The predicted octanol–water partition coefficient (Wildman–Crippen LogP) is 5.12. The quantitative estimate of drug-likeness (QED) is 0.286. The van der Waals surface area contributed by atoms with Crippen LogP contribution in [0.3, 0.4) is 0 Å². The van der Waals surface area contributed by atoms with Crippen LogP contribution in [-0.2, 0) is 28.9 Å². The number of benzene rings is 2. The molecule has 0 fully saturated rings. The molecule has 6 heteroatoms. The normalized spacial score (nSPS) is 15.4. The second kappa shape index (κ2) is 9.69. The molecule has 1 unspecified atom stereocenters. The van der Waals surface area contributed by atoms with E-state index in [1.165, 1.54) is 40.8 Å². The number of ether oxygens (including phenoxy) is 1. The fourth-order valence-electron chi connectivity index (χ4n) is 5.05. The standard InChI is InChI=1S/C28H30N4O2/c1-19-29-17-23(31-19)18-32(14-13-22-16-30-26-6-4-3-5-24(22)26)27-11-9-21-15-20(7-10-25(21)27)8-12-28(33)34-2/h3-8,10,12,15-17,27,30H,9,11,13-14,18H2,1-2H3,(H,29,31)/b12-8+. The molecular weight excluding hydrogens is 424 g/mol. The zero-order valence-electron chi connectivity index (χ0n) is 19.7. The minimum absolute atomic E-state index is 0.336. The first-order valence-corrected chi connectivity index (χ1v) is 11.8. The van der Waals surface area contributed by atoms with Gasteiger partial charge in [0.05, 0.1) is 7.11 Å². The molecule has 34 heavy (non-hydrogen) atoms. The van der Waals surface area contributed by atoms with Crippen LogP contribution in [0.4, 0.5) is 0 Å². The van der Waals surface area contributed by atoms with E-state index in [1.807, 2.05) is 19.2 Å². The first-order chi connectivity index (χ1) is 16.6. The fraction of sp³-hybridized carbons (Fsp3) is 0.286. The number of aromatic amines is 2. The molecule has 4 aromatic rings. The average Bonchev–Trinajstić information content (AvgIpc) is 3.58. The number of imidazole rings is 1. The molecule has 2 aromatic heterocycles. The van der Waals surface area contributed by atoms with Crippen molar-refractivity contribution in [1.29, 1.82) is 0 Å². The summed E-state index contributed by atoms with van der Waals surface area (Å²) in [4.78, 5) is 25.3. The first kappa shape index (κ1) is 22.2. The van der Waals surface area contributed by atoms with Crippen molar-refractivity contribution in [3.8, 4) is 0 Å². The van der Waals surface area contributed by atoms with Crippen LogP contribution >= 0.6 is 0 Å². The third-order valence-corrected chi connectivity index (χ3v) is 6.74. The maximum Gasteiger partial charge on any atom is 0.330 e. The fourth-order valence-corrected chi connectivity index (χ4v) is 5.05. The number of hydrogen-bond donors (Lipinski definition) is 2. The number of para-hydroxylation sites is 1. The summed E-state index contributed by atoms with van der Waals surface area (Å²) >= 11 is 0. The zero-order valence-corrected chi connectivity index (χ0v) is 19.7. The number of rotatable bonds is 8. The van der Waals surface area contributed by atoms with Gasteiger partial charge >= 0.3 is 5.97 Å². The Labute approximate surface area is 199 Å². The molecule has 2 N–H and O–H groups in total. The summed E-state index contributed by atoms with van der Waals surface area (Å²) in [6, 6.07) is 15.4. The summed E-state index contributed by atoms with van der Waals surface area (Å²) in [5, 5.41) is 1.30. The van der Waals surface area contributed by atoms with Crippen molar-refractivity contribution in [2.75, 3.05) is 13.7 Å². The first-order valence-electron chi connectivity index (χ1n) is 11.8. The topological polar surface area (TPSA) is 74.0 Å². The van der Waals surface area contributed by atoms with Gasteiger partial charge in [-0.2, -0.15) is 0 Å². The van der Waals surface area contributed by atoms with E-state index in [4.69, 9.17) is 4.74 Å². The number of nitrogens with one attached hydrogen (secondary N) is 2. The van der Waals surface area contributed by atoms with E-state index in [9.17, 15) is 4.79 Å². The van der Waals surface area contributed by atoms with E-state index >= 15 is 0 Å². The number of hydrogen-bond acceptors (Lipinski definition) is 4. The Morgan fingerprint density at radius 3 is 2.97 bits per heavy atom. The molecule has 0 spiro atoms. The van der Waals surface area contributed by atoms with Gasteiger partial charge in [-0.05, 0) is 60.6 Å². The van der Waals surface area contributed by atoms with Gasteiger partial charge in [-0.25, -0.2) is 9.78 Å². The monoisotopic (exact) mass is 454 g/mol. The summed E-state index contributed by atoms with van der Waals surface area (Å²) in [6.45, 7) is 3.78. The van der Waals surface area contributed by atoms with E-state index in [0.29, 0.717) is 6.04 Å². The Morgan fingerprint density at radius 1 is 1.26 bits per heavy atom. The number of carbonyl (C=O) groups excluding carboxylic acids is 1. The van der Waals surface area contributed by atoms with E-state index in [1.54, 1.807) is 0 Å². The Bertz CT molecular complexity index is 1330. The summed E-state index contributed by atoms with van der Waals surface area (Å²) in [5.41, 5.74) is 7.44. The van der Waals surface area contributed by atoms with Crippen molar-refractivity contribution in [2.24, 2.45) is 0 Å². The Hall–Kier alpha value is -3.64. The highest BCUT2D eigenvalue weighted by molar-refractivity contribution is 5.87. The molecule has 5 rings (SSSR count). The van der Waals surface area contributed by atoms with Crippen LogP contribution in [0.1, 0.15) is 46.2 Å². The third-order valence-electron chi connectivity index (χ3n) is 6.74. The Balaban J connectivity index is 1.38. The Morgan fingerprint density at radius 2 is 2.15 bits per heavy atom.